The molecule has 3 nitrogen and oxygen atoms in total. The molecule has 0 radical (unpaired) electrons. The summed E-state index contributed by atoms with van der Waals surface area (Å²) in [5, 5.41) is 8.91. The topological polar surface area (TPSA) is 52.9 Å². The lowest BCUT2D eigenvalue weighted by Crippen LogP contribution is -2.52. The van der Waals surface area contributed by atoms with Gasteiger partial charge in [-0.2, -0.15) is 5.26 Å². The second-order valence-corrected chi connectivity index (χ2v) is 13.3. The Kier molecular flexibility index (Phi) is 7.04. The third-order valence-electron chi connectivity index (χ3n) is 11.0. The quantitative estimate of drug-likeness (QED) is 0.423. The van der Waals surface area contributed by atoms with E-state index in [-0.39, 0.29) is 5.91 Å². The van der Waals surface area contributed by atoms with Gasteiger partial charge in [0.15, 0.2) is 0 Å². The number of rotatable bonds is 6. The molecule has 7 unspecified atom stereocenters. The van der Waals surface area contributed by atoms with E-state index in [0.717, 1.165) is 40.9 Å². The van der Waals surface area contributed by atoms with E-state index in [1.807, 2.05) is 12.1 Å². The minimum Gasteiger partial charge on any atom is -0.296 e. The van der Waals surface area contributed by atoms with Gasteiger partial charge in [-0.05, 0) is 141 Å². The van der Waals surface area contributed by atoms with Crippen molar-refractivity contribution in [3.8, 4) is 6.07 Å². The molecule has 5 rings (SSSR count). The van der Waals surface area contributed by atoms with Crippen molar-refractivity contribution in [2.24, 2.45) is 40.4 Å². The Morgan fingerprint density at radius 1 is 1.00 bits per heavy atom. The molecule has 4 aliphatic carbocycles. The van der Waals surface area contributed by atoms with Crippen molar-refractivity contribution >= 4 is 17.9 Å². The smallest absolute Gasteiger partial charge is 0.230 e. The molecule has 0 aromatic heterocycles. The second kappa shape index (κ2) is 9.88. The minimum atomic E-state index is 0.126. The number of amides is 1. The molecule has 1 aromatic rings. The normalized spacial score (nSPS) is 38.8. The molecule has 34 heavy (non-hydrogen) atoms. The molecule has 4 aliphatic rings. The summed E-state index contributed by atoms with van der Waals surface area (Å²) in [7, 11) is 0. The minimum absolute atomic E-state index is 0.126. The van der Waals surface area contributed by atoms with Gasteiger partial charge in [0.2, 0.25) is 5.91 Å². The van der Waals surface area contributed by atoms with Crippen LogP contribution < -0.4 is 4.72 Å². The fourth-order valence-corrected chi connectivity index (χ4v) is 9.76. The fraction of sp³-hybridized carbons (Fsp3) is 0.733. The Hall–Kier alpha value is -1.47. The van der Waals surface area contributed by atoms with Crippen LogP contribution in [0.2, 0.25) is 0 Å². The number of hydrogen-bond acceptors (Lipinski definition) is 3. The van der Waals surface area contributed by atoms with Crippen molar-refractivity contribution in [3.63, 3.8) is 0 Å². The van der Waals surface area contributed by atoms with Crippen LogP contribution in [0.4, 0.5) is 0 Å². The van der Waals surface area contributed by atoms with Crippen LogP contribution in [0.25, 0.3) is 0 Å². The van der Waals surface area contributed by atoms with Crippen molar-refractivity contribution < 1.29 is 4.79 Å². The van der Waals surface area contributed by atoms with Crippen LogP contribution in [0.5, 0.6) is 0 Å². The summed E-state index contributed by atoms with van der Waals surface area (Å²) in [5.41, 5.74) is 1.78. The van der Waals surface area contributed by atoms with E-state index in [1.165, 1.54) is 82.6 Å². The van der Waals surface area contributed by atoms with Gasteiger partial charge < -0.3 is 0 Å². The number of nitrogens with one attached hydrogen (secondary N) is 1. The first-order chi connectivity index (χ1) is 16.4. The van der Waals surface area contributed by atoms with Crippen LogP contribution in [0.1, 0.15) is 103 Å². The molecule has 1 aromatic carbocycles. The Balaban J connectivity index is 1.12. The lowest BCUT2D eigenvalue weighted by Gasteiger charge is -2.60. The van der Waals surface area contributed by atoms with E-state index in [1.54, 1.807) is 12.1 Å². The summed E-state index contributed by atoms with van der Waals surface area (Å²) < 4.78 is 2.99. The summed E-state index contributed by atoms with van der Waals surface area (Å²) in [5.74, 6) is 4.81. The number of fused-ring (bicyclic) bond motifs is 5. The van der Waals surface area contributed by atoms with Crippen molar-refractivity contribution in [1.82, 2.24) is 4.72 Å². The first-order valence-corrected chi connectivity index (χ1v) is 14.7. The molecule has 1 amide bonds. The van der Waals surface area contributed by atoms with Gasteiger partial charge in [0.05, 0.1) is 11.6 Å². The van der Waals surface area contributed by atoms with E-state index < -0.39 is 0 Å². The SMILES string of the molecule is CC12CCCCC1CCC1C2CCC2(C)C(CCCC(=O)NSc3ccc(C#N)cc3)CCC12. The maximum Gasteiger partial charge on any atom is 0.230 e. The predicted molar refractivity (Wildman–Crippen MR) is 139 cm³/mol. The average molecular weight is 479 g/mol. The van der Waals surface area contributed by atoms with Crippen molar-refractivity contribution in [2.45, 2.75) is 102 Å². The van der Waals surface area contributed by atoms with Gasteiger partial charge in [0.25, 0.3) is 0 Å². The third-order valence-corrected chi connectivity index (χ3v) is 11.8. The van der Waals surface area contributed by atoms with Gasteiger partial charge in [-0.25, -0.2) is 0 Å². The summed E-state index contributed by atoms with van der Waals surface area (Å²) in [6, 6.07) is 9.49. The maximum absolute atomic E-state index is 12.4. The average Bonchev–Trinajstić information content (AvgIpc) is 3.19. The Morgan fingerprint density at radius 2 is 1.79 bits per heavy atom. The number of nitrogens with zero attached hydrogens (tertiary/aromatic N) is 1. The Labute approximate surface area is 211 Å². The fourth-order valence-electron chi connectivity index (χ4n) is 9.15. The molecule has 1 N–H and O–H groups in total. The first-order valence-electron chi connectivity index (χ1n) is 13.9. The molecular weight excluding hydrogens is 436 g/mol. The third kappa shape index (κ3) is 4.43. The maximum atomic E-state index is 12.4. The summed E-state index contributed by atoms with van der Waals surface area (Å²) in [6.45, 7) is 5.30. The van der Waals surface area contributed by atoms with Gasteiger partial charge in [-0.3, -0.25) is 9.52 Å². The van der Waals surface area contributed by atoms with Crippen LogP contribution in [0, 0.1) is 51.8 Å². The van der Waals surface area contributed by atoms with Crippen LogP contribution in [0.3, 0.4) is 0 Å². The van der Waals surface area contributed by atoms with Gasteiger partial charge in [0.1, 0.15) is 0 Å². The number of nitriles is 1. The molecule has 184 valence electrons. The van der Waals surface area contributed by atoms with Gasteiger partial charge in [0, 0.05) is 11.3 Å². The van der Waals surface area contributed by atoms with Crippen molar-refractivity contribution in [2.75, 3.05) is 0 Å². The monoisotopic (exact) mass is 478 g/mol. The Bertz CT molecular complexity index is 923. The number of benzene rings is 1. The van der Waals surface area contributed by atoms with E-state index in [9.17, 15) is 4.79 Å². The summed E-state index contributed by atoms with van der Waals surface area (Å²) in [4.78, 5) is 13.4. The van der Waals surface area contributed by atoms with E-state index in [4.69, 9.17) is 5.26 Å². The molecule has 0 saturated heterocycles. The lowest BCUT2D eigenvalue weighted by atomic mass is 9.45. The van der Waals surface area contributed by atoms with Crippen LogP contribution in [-0.2, 0) is 4.79 Å². The summed E-state index contributed by atoms with van der Waals surface area (Å²) in [6.07, 6.45) is 17.4. The molecule has 4 heteroatoms. The molecule has 4 fully saturated rings. The predicted octanol–water partition coefficient (Wildman–Crippen LogP) is 7.90. The highest BCUT2D eigenvalue weighted by Gasteiger charge is 2.59. The largest absolute Gasteiger partial charge is 0.296 e. The summed E-state index contributed by atoms with van der Waals surface area (Å²) >= 11 is 1.36. The van der Waals surface area contributed by atoms with E-state index >= 15 is 0 Å². The highest BCUT2D eigenvalue weighted by Crippen LogP contribution is 2.67. The molecular formula is C30H42N2OS. The van der Waals surface area contributed by atoms with Gasteiger partial charge in [-0.15, -0.1) is 0 Å². The zero-order valence-electron chi connectivity index (χ0n) is 21.2. The van der Waals surface area contributed by atoms with E-state index in [2.05, 4.69) is 24.6 Å². The highest BCUT2D eigenvalue weighted by molar-refractivity contribution is 7.98. The Morgan fingerprint density at radius 3 is 2.59 bits per heavy atom. The van der Waals surface area contributed by atoms with Crippen LogP contribution in [0.15, 0.2) is 29.2 Å². The number of carbonyl (C=O) groups excluding carboxylic acids is 1. The molecule has 0 aliphatic heterocycles. The zero-order chi connectivity index (χ0) is 23.8. The van der Waals surface area contributed by atoms with Gasteiger partial charge in [-0.1, -0.05) is 26.7 Å². The molecule has 0 spiro atoms. The molecule has 7 atom stereocenters. The number of carbonyl (C=O) groups is 1. The van der Waals surface area contributed by atoms with Crippen LogP contribution >= 0.6 is 11.9 Å². The molecule has 4 saturated carbocycles. The van der Waals surface area contributed by atoms with Gasteiger partial charge >= 0.3 is 0 Å². The lowest BCUT2D eigenvalue weighted by molar-refractivity contribution is -0.119. The van der Waals surface area contributed by atoms with Crippen LogP contribution in [-0.4, -0.2) is 5.91 Å². The van der Waals surface area contributed by atoms with Crippen molar-refractivity contribution in [3.05, 3.63) is 29.8 Å². The molecule has 0 bridgehead atoms. The number of hydrogen-bond donors (Lipinski definition) is 1. The standard InChI is InChI=1S/C30H42N2OS/c1-29-18-4-3-6-22(29)11-15-25-26-16-12-23(30(26,2)19-17-27(25)29)7-5-8-28(33)32-34-24-13-9-21(20-31)10-14-24/h9-10,13-14,22-23,25-27H,3-8,11-12,15-19H2,1-2H3,(H,32,33). The van der Waals surface area contributed by atoms with Crippen molar-refractivity contribution in [1.29, 1.82) is 5.26 Å². The second-order valence-electron chi connectivity index (χ2n) is 12.4. The molecule has 0 heterocycles. The first kappa shape index (κ1) is 24.2. The van der Waals surface area contributed by atoms with E-state index in [0.29, 0.717) is 22.8 Å². The highest BCUT2D eigenvalue weighted by atomic mass is 32.2. The zero-order valence-corrected chi connectivity index (χ0v) is 22.0.